The van der Waals surface area contributed by atoms with Crippen LogP contribution >= 0.6 is 11.8 Å². The zero-order valence-electron chi connectivity index (χ0n) is 13.1. The van der Waals surface area contributed by atoms with E-state index in [0.29, 0.717) is 13.0 Å². The fourth-order valence-electron chi connectivity index (χ4n) is 1.94. The number of urea groups is 1. The average Bonchev–Trinajstić information content (AvgIpc) is 2.46. The van der Waals surface area contributed by atoms with E-state index in [2.05, 4.69) is 41.8 Å². The molecule has 5 heteroatoms. The first-order valence-corrected chi connectivity index (χ1v) is 8.43. The van der Waals surface area contributed by atoms with Crippen molar-refractivity contribution in [2.45, 2.75) is 38.1 Å². The third-order valence-corrected chi connectivity index (χ3v) is 4.17. The quantitative estimate of drug-likeness (QED) is 0.646. The Hall–Kier alpha value is -1.20. The molecule has 0 saturated heterocycles. The molecule has 21 heavy (non-hydrogen) atoms. The smallest absolute Gasteiger partial charge is 0.315 e. The Labute approximate surface area is 131 Å². The van der Waals surface area contributed by atoms with E-state index in [1.54, 1.807) is 11.8 Å². The number of aliphatic hydroxyl groups is 1. The summed E-state index contributed by atoms with van der Waals surface area (Å²) < 4.78 is 0. The third-order valence-electron chi connectivity index (χ3n) is 3.27. The summed E-state index contributed by atoms with van der Waals surface area (Å²) >= 11 is 1.81. The van der Waals surface area contributed by atoms with E-state index in [1.807, 2.05) is 13.8 Å². The summed E-state index contributed by atoms with van der Waals surface area (Å²) in [5.74, 6) is 1.34. The molecule has 0 aliphatic rings. The van der Waals surface area contributed by atoms with E-state index in [1.165, 1.54) is 4.90 Å². The van der Waals surface area contributed by atoms with Gasteiger partial charge in [0, 0.05) is 18.0 Å². The van der Waals surface area contributed by atoms with Gasteiger partial charge in [0.15, 0.2) is 0 Å². The van der Waals surface area contributed by atoms with Crippen molar-refractivity contribution in [1.82, 2.24) is 10.6 Å². The maximum atomic E-state index is 11.8. The largest absolute Gasteiger partial charge is 0.396 e. The topological polar surface area (TPSA) is 61.4 Å². The monoisotopic (exact) mass is 310 g/mol. The summed E-state index contributed by atoms with van der Waals surface area (Å²) in [6, 6.07) is 8.08. The molecule has 118 valence electrons. The van der Waals surface area contributed by atoms with Gasteiger partial charge in [0.25, 0.3) is 0 Å². The van der Waals surface area contributed by atoms with Crippen LogP contribution in [0.25, 0.3) is 0 Å². The van der Waals surface area contributed by atoms with E-state index in [4.69, 9.17) is 5.11 Å². The van der Waals surface area contributed by atoms with Crippen molar-refractivity contribution < 1.29 is 9.90 Å². The number of amides is 2. The average molecular weight is 310 g/mol. The second-order valence-corrected chi connectivity index (χ2v) is 6.53. The van der Waals surface area contributed by atoms with E-state index in [-0.39, 0.29) is 24.6 Å². The lowest BCUT2D eigenvalue weighted by molar-refractivity contribution is 0.231. The molecule has 0 radical (unpaired) electrons. The van der Waals surface area contributed by atoms with Crippen LogP contribution in [0, 0.1) is 5.92 Å². The Kier molecular flexibility index (Phi) is 8.23. The number of thioether (sulfide) groups is 1. The molecule has 0 aromatic heterocycles. The Morgan fingerprint density at radius 1 is 1.29 bits per heavy atom. The van der Waals surface area contributed by atoms with E-state index < -0.39 is 0 Å². The van der Waals surface area contributed by atoms with Crippen molar-refractivity contribution in [1.29, 1.82) is 0 Å². The first kappa shape index (κ1) is 17.9. The van der Waals surface area contributed by atoms with Crippen LogP contribution in [0.5, 0.6) is 0 Å². The van der Waals surface area contributed by atoms with Gasteiger partial charge in [-0.3, -0.25) is 0 Å². The van der Waals surface area contributed by atoms with Crippen molar-refractivity contribution in [3.8, 4) is 0 Å². The summed E-state index contributed by atoms with van der Waals surface area (Å²) in [6.45, 7) is 6.84. The van der Waals surface area contributed by atoms with Gasteiger partial charge in [0.05, 0.1) is 6.04 Å². The van der Waals surface area contributed by atoms with Gasteiger partial charge < -0.3 is 15.7 Å². The Morgan fingerprint density at radius 2 is 1.95 bits per heavy atom. The number of hydrogen-bond acceptors (Lipinski definition) is 3. The van der Waals surface area contributed by atoms with Gasteiger partial charge in [0.1, 0.15) is 0 Å². The maximum Gasteiger partial charge on any atom is 0.315 e. The molecule has 2 amide bonds. The summed E-state index contributed by atoms with van der Waals surface area (Å²) in [4.78, 5) is 13.1. The normalized spacial score (nSPS) is 13.5. The van der Waals surface area contributed by atoms with Crippen molar-refractivity contribution in [3.63, 3.8) is 0 Å². The van der Waals surface area contributed by atoms with Crippen LogP contribution in [0.3, 0.4) is 0 Å². The highest BCUT2D eigenvalue weighted by atomic mass is 32.2. The van der Waals surface area contributed by atoms with Gasteiger partial charge in [-0.25, -0.2) is 4.79 Å². The molecule has 2 unspecified atom stereocenters. The molecule has 1 rings (SSSR count). The molecule has 0 fully saturated rings. The minimum absolute atomic E-state index is 0.0289. The van der Waals surface area contributed by atoms with Crippen LogP contribution in [0.15, 0.2) is 29.2 Å². The number of benzene rings is 1. The van der Waals surface area contributed by atoms with Gasteiger partial charge in [0.2, 0.25) is 0 Å². The predicted molar refractivity (Wildman–Crippen MR) is 88.7 cm³/mol. The van der Waals surface area contributed by atoms with Crippen molar-refractivity contribution >= 4 is 17.8 Å². The molecular weight excluding hydrogens is 284 g/mol. The van der Waals surface area contributed by atoms with Crippen LogP contribution in [0.2, 0.25) is 0 Å². The van der Waals surface area contributed by atoms with E-state index in [0.717, 1.165) is 11.3 Å². The third kappa shape index (κ3) is 6.87. The molecule has 0 bridgehead atoms. The van der Waals surface area contributed by atoms with Crippen molar-refractivity contribution in [2.24, 2.45) is 5.92 Å². The second-order valence-electron chi connectivity index (χ2n) is 5.20. The maximum absolute atomic E-state index is 11.8. The lowest BCUT2D eigenvalue weighted by Gasteiger charge is -2.17. The zero-order valence-corrected chi connectivity index (χ0v) is 13.9. The van der Waals surface area contributed by atoms with Gasteiger partial charge in [-0.05, 0) is 42.7 Å². The second kappa shape index (κ2) is 9.68. The van der Waals surface area contributed by atoms with Crippen LogP contribution in [-0.4, -0.2) is 30.0 Å². The van der Waals surface area contributed by atoms with Crippen LogP contribution in [0.4, 0.5) is 4.79 Å². The molecule has 1 aromatic rings. The van der Waals surface area contributed by atoms with E-state index >= 15 is 0 Å². The summed E-state index contributed by atoms with van der Waals surface area (Å²) in [7, 11) is 0. The van der Waals surface area contributed by atoms with Crippen LogP contribution < -0.4 is 10.6 Å². The van der Waals surface area contributed by atoms with Gasteiger partial charge >= 0.3 is 6.03 Å². The molecule has 4 nitrogen and oxygen atoms in total. The van der Waals surface area contributed by atoms with Crippen molar-refractivity contribution in [2.75, 3.05) is 18.9 Å². The first-order chi connectivity index (χ1) is 10.1. The zero-order chi connectivity index (χ0) is 15.7. The number of rotatable bonds is 8. The van der Waals surface area contributed by atoms with E-state index in [9.17, 15) is 4.79 Å². The minimum atomic E-state index is -0.167. The number of aliphatic hydroxyl groups excluding tert-OH is 1. The molecule has 0 aliphatic carbocycles. The fourth-order valence-corrected chi connectivity index (χ4v) is 2.60. The molecule has 0 saturated carbocycles. The van der Waals surface area contributed by atoms with Crippen molar-refractivity contribution in [3.05, 3.63) is 29.8 Å². The predicted octanol–water partition coefficient (Wildman–Crippen LogP) is 3.18. The number of hydrogen-bond donors (Lipinski definition) is 3. The van der Waals surface area contributed by atoms with Crippen LogP contribution in [0.1, 0.15) is 38.8 Å². The summed E-state index contributed by atoms with van der Waals surface area (Å²) in [6.07, 6.45) is 0.701. The Balaban J connectivity index is 2.41. The lowest BCUT2D eigenvalue weighted by Crippen LogP contribution is -2.39. The van der Waals surface area contributed by atoms with Crippen LogP contribution in [-0.2, 0) is 0 Å². The highest BCUT2D eigenvalue weighted by Crippen LogP contribution is 2.20. The number of nitrogens with one attached hydrogen (secondary N) is 2. The molecular formula is C16H26N2O2S. The summed E-state index contributed by atoms with van der Waals surface area (Å²) in [5.41, 5.74) is 1.09. The molecule has 2 atom stereocenters. The summed E-state index contributed by atoms with van der Waals surface area (Å²) in [5, 5.41) is 14.6. The SMILES string of the molecule is CCSc1ccc(C(C)NC(=O)NCC(C)CCO)cc1. The molecule has 0 spiro atoms. The van der Waals surface area contributed by atoms with Gasteiger partial charge in [-0.1, -0.05) is 26.0 Å². The first-order valence-electron chi connectivity index (χ1n) is 7.44. The number of carbonyl (C=O) groups excluding carboxylic acids is 1. The standard InChI is InChI=1S/C16H26N2O2S/c1-4-21-15-7-5-14(6-8-15)13(3)18-16(20)17-11-12(2)9-10-19/h5-8,12-13,19H,4,9-11H2,1-3H3,(H2,17,18,20). The van der Waals surface area contributed by atoms with Gasteiger partial charge in [-0.2, -0.15) is 0 Å². The Morgan fingerprint density at radius 3 is 2.52 bits per heavy atom. The highest BCUT2D eigenvalue weighted by molar-refractivity contribution is 7.99. The molecule has 3 N–H and O–H groups in total. The minimum Gasteiger partial charge on any atom is -0.396 e. The fraction of sp³-hybridized carbons (Fsp3) is 0.562. The highest BCUT2D eigenvalue weighted by Gasteiger charge is 2.10. The lowest BCUT2D eigenvalue weighted by atomic mass is 10.1. The molecule has 1 aromatic carbocycles. The number of carbonyl (C=O) groups is 1. The molecule has 0 heterocycles. The Bertz CT molecular complexity index is 423. The van der Waals surface area contributed by atoms with Gasteiger partial charge in [-0.15, -0.1) is 11.8 Å². The molecule has 0 aliphatic heterocycles.